The Morgan fingerprint density at radius 3 is 2.43 bits per heavy atom. The molecule has 3 heteroatoms. The van der Waals surface area contributed by atoms with Gasteiger partial charge in [0.05, 0.1) is 5.69 Å². The first-order chi connectivity index (χ1) is 10.1. The Hall–Kier alpha value is -2.29. The van der Waals surface area contributed by atoms with Crippen LogP contribution in [0.2, 0.25) is 0 Å². The summed E-state index contributed by atoms with van der Waals surface area (Å²) in [6, 6.07) is 17.0. The van der Waals surface area contributed by atoms with Gasteiger partial charge >= 0.3 is 0 Å². The normalized spacial score (nSPS) is 10.4. The van der Waals surface area contributed by atoms with Crippen molar-refractivity contribution in [1.29, 1.82) is 0 Å². The van der Waals surface area contributed by atoms with Crippen molar-refractivity contribution in [1.82, 2.24) is 0 Å². The number of benzene rings is 2. The first-order valence-electron chi connectivity index (χ1n) is 7.27. The van der Waals surface area contributed by atoms with Crippen LogP contribution >= 0.6 is 0 Å². The minimum Gasteiger partial charge on any atom is -0.455 e. The number of hydrogen-bond donors (Lipinski definition) is 1. The van der Waals surface area contributed by atoms with E-state index >= 15 is 0 Å². The van der Waals surface area contributed by atoms with Crippen molar-refractivity contribution in [3.8, 4) is 11.5 Å². The molecule has 0 aliphatic carbocycles. The van der Waals surface area contributed by atoms with E-state index in [0.29, 0.717) is 23.8 Å². The van der Waals surface area contributed by atoms with Gasteiger partial charge in [0, 0.05) is 6.42 Å². The Morgan fingerprint density at radius 1 is 1.05 bits per heavy atom. The summed E-state index contributed by atoms with van der Waals surface area (Å²) >= 11 is 0. The maximum Gasteiger partial charge on any atom is 0.224 e. The SMILES string of the molecule is CC(C)CCC(=O)Nc1ccccc1Oc1ccccc1. The molecular formula is C18H21NO2. The molecule has 2 aromatic carbocycles. The lowest BCUT2D eigenvalue weighted by Gasteiger charge is -2.12. The summed E-state index contributed by atoms with van der Waals surface area (Å²) in [5.41, 5.74) is 0.704. The van der Waals surface area contributed by atoms with Crippen LogP contribution in [0.5, 0.6) is 11.5 Å². The third kappa shape index (κ3) is 4.95. The first kappa shape index (κ1) is 15.1. The lowest BCUT2D eigenvalue weighted by molar-refractivity contribution is -0.116. The highest BCUT2D eigenvalue weighted by Gasteiger charge is 2.09. The predicted molar refractivity (Wildman–Crippen MR) is 85.7 cm³/mol. The topological polar surface area (TPSA) is 38.3 Å². The summed E-state index contributed by atoms with van der Waals surface area (Å²) in [6.45, 7) is 4.22. The van der Waals surface area contributed by atoms with E-state index in [9.17, 15) is 4.79 Å². The summed E-state index contributed by atoms with van der Waals surface area (Å²) < 4.78 is 5.82. The highest BCUT2D eigenvalue weighted by molar-refractivity contribution is 5.92. The molecule has 0 saturated heterocycles. The zero-order chi connectivity index (χ0) is 15.1. The quantitative estimate of drug-likeness (QED) is 0.822. The van der Waals surface area contributed by atoms with Crippen LogP contribution in [-0.4, -0.2) is 5.91 Å². The van der Waals surface area contributed by atoms with Gasteiger partial charge in [-0.2, -0.15) is 0 Å². The van der Waals surface area contributed by atoms with E-state index < -0.39 is 0 Å². The summed E-state index contributed by atoms with van der Waals surface area (Å²) in [4.78, 5) is 12.0. The Kier molecular flexibility index (Phi) is 5.38. The fourth-order valence-electron chi connectivity index (χ4n) is 1.91. The van der Waals surface area contributed by atoms with Gasteiger partial charge in [0.15, 0.2) is 5.75 Å². The molecule has 2 rings (SSSR count). The van der Waals surface area contributed by atoms with E-state index in [0.717, 1.165) is 12.2 Å². The minimum atomic E-state index is 0.0211. The van der Waals surface area contributed by atoms with Crippen molar-refractivity contribution < 1.29 is 9.53 Å². The van der Waals surface area contributed by atoms with E-state index in [1.807, 2.05) is 54.6 Å². The number of carbonyl (C=O) groups excluding carboxylic acids is 1. The van der Waals surface area contributed by atoms with Crippen LogP contribution in [0.3, 0.4) is 0 Å². The Labute approximate surface area is 126 Å². The molecule has 0 spiro atoms. The largest absolute Gasteiger partial charge is 0.455 e. The molecule has 0 aliphatic heterocycles. The fraction of sp³-hybridized carbons (Fsp3) is 0.278. The number of ether oxygens (including phenoxy) is 1. The molecule has 1 amide bonds. The van der Waals surface area contributed by atoms with Crippen molar-refractivity contribution in [3.05, 3.63) is 54.6 Å². The van der Waals surface area contributed by atoms with E-state index in [1.54, 1.807) is 0 Å². The monoisotopic (exact) mass is 283 g/mol. The Balaban J connectivity index is 2.05. The van der Waals surface area contributed by atoms with Crippen molar-refractivity contribution in [2.75, 3.05) is 5.32 Å². The summed E-state index contributed by atoms with van der Waals surface area (Å²) in [7, 11) is 0. The minimum absolute atomic E-state index is 0.0211. The number of para-hydroxylation sites is 3. The van der Waals surface area contributed by atoms with E-state index in [-0.39, 0.29) is 5.91 Å². The van der Waals surface area contributed by atoms with Crippen LogP contribution in [0.25, 0.3) is 0 Å². The molecule has 0 aliphatic rings. The van der Waals surface area contributed by atoms with Gasteiger partial charge < -0.3 is 10.1 Å². The average Bonchev–Trinajstić information content (AvgIpc) is 2.48. The molecule has 0 saturated carbocycles. The van der Waals surface area contributed by atoms with Crippen LogP contribution in [0, 0.1) is 5.92 Å². The van der Waals surface area contributed by atoms with Crippen molar-refractivity contribution in [3.63, 3.8) is 0 Å². The Bertz CT molecular complexity index is 579. The smallest absolute Gasteiger partial charge is 0.224 e. The maximum absolute atomic E-state index is 12.0. The number of anilines is 1. The molecule has 110 valence electrons. The second kappa shape index (κ2) is 7.48. The first-order valence-corrected chi connectivity index (χ1v) is 7.27. The zero-order valence-corrected chi connectivity index (χ0v) is 12.5. The van der Waals surface area contributed by atoms with Crippen LogP contribution in [0.1, 0.15) is 26.7 Å². The molecule has 0 aromatic heterocycles. The van der Waals surface area contributed by atoms with E-state index in [4.69, 9.17) is 4.74 Å². The summed E-state index contributed by atoms with van der Waals surface area (Å²) in [5, 5.41) is 2.92. The molecule has 0 heterocycles. The van der Waals surface area contributed by atoms with Crippen LogP contribution in [0.4, 0.5) is 5.69 Å². The number of nitrogens with one attached hydrogen (secondary N) is 1. The fourth-order valence-corrected chi connectivity index (χ4v) is 1.91. The highest BCUT2D eigenvalue weighted by Crippen LogP contribution is 2.29. The van der Waals surface area contributed by atoms with Crippen LogP contribution in [0.15, 0.2) is 54.6 Å². The second-order valence-electron chi connectivity index (χ2n) is 5.39. The van der Waals surface area contributed by atoms with E-state index in [2.05, 4.69) is 19.2 Å². The van der Waals surface area contributed by atoms with Gasteiger partial charge in [-0.3, -0.25) is 4.79 Å². The highest BCUT2D eigenvalue weighted by atomic mass is 16.5. The summed E-state index contributed by atoms with van der Waals surface area (Å²) in [6.07, 6.45) is 1.41. The molecule has 2 aromatic rings. The number of amides is 1. The number of hydrogen-bond acceptors (Lipinski definition) is 2. The third-order valence-corrected chi connectivity index (χ3v) is 3.08. The molecule has 0 unspecified atom stereocenters. The molecule has 0 fully saturated rings. The van der Waals surface area contributed by atoms with Crippen molar-refractivity contribution >= 4 is 11.6 Å². The van der Waals surface area contributed by atoms with Gasteiger partial charge in [0.2, 0.25) is 5.91 Å². The predicted octanol–water partition coefficient (Wildman–Crippen LogP) is 4.85. The Morgan fingerprint density at radius 2 is 1.71 bits per heavy atom. The standard InChI is InChI=1S/C18H21NO2/c1-14(2)12-13-18(20)19-16-10-6-7-11-17(16)21-15-8-4-3-5-9-15/h3-11,14H,12-13H2,1-2H3,(H,19,20). The van der Waals surface area contributed by atoms with Crippen LogP contribution in [-0.2, 0) is 4.79 Å². The molecular weight excluding hydrogens is 262 g/mol. The van der Waals surface area contributed by atoms with Crippen LogP contribution < -0.4 is 10.1 Å². The second-order valence-corrected chi connectivity index (χ2v) is 5.39. The van der Waals surface area contributed by atoms with Gasteiger partial charge in [0.1, 0.15) is 5.75 Å². The zero-order valence-electron chi connectivity index (χ0n) is 12.5. The maximum atomic E-state index is 12.0. The summed E-state index contributed by atoms with van der Waals surface area (Å²) in [5.74, 6) is 1.95. The van der Waals surface area contributed by atoms with Crippen molar-refractivity contribution in [2.45, 2.75) is 26.7 Å². The van der Waals surface area contributed by atoms with Gasteiger partial charge in [-0.15, -0.1) is 0 Å². The average molecular weight is 283 g/mol. The third-order valence-electron chi connectivity index (χ3n) is 3.08. The van der Waals surface area contributed by atoms with E-state index in [1.165, 1.54) is 0 Å². The molecule has 0 atom stereocenters. The molecule has 0 bridgehead atoms. The lowest BCUT2D eigenvalue weighted by atomic mass is 10.1. The van der Waals surface area contributed by atoms with Crippen molar-refractivity contribution in [2.24, 2.45) is 5.92 Å². The van der Waals surface area contributed by atoms with Gasteiger partial charge in [-0.25, -0.2) is 0 Å². The number of rotatable bonds is 6. The van der Waals surface area contributed by atoms with Gasteiger partial charge in [-0.1, -0.05) is 44.2 Å². The molecule has 3 nitrogen and oxygen atoms in total. The lowest BCUT2D eigenvalue weighted by Crippen LogP contribution is -2.12. The van der Waals surface area contributed by atoms with Gasteiger partial charge in [0.25, 0.3) is 0 Å². The number of carbonyl (C=O) groups is 1. The van der Waals surface area contributed by atoms with Gasteiger partial charge in [-0.05, 0) is 36.6 Å². The molecule has 1 N–H and O–H groups in total. The molecule has 21 heavy (non-hydrogen) atoms. The molecule has 0 radical (unpaired) electrons.